The highest BCUT2D eigenvalue weighted by atomic mass is 15.2. The first kappa shape index (κ1) is 7.92. The lowest BCUT2D eigenvalue weighted by atomic mass is 10.5. The van der Waals surface area contributed by atoms with Crippen molar-refractivity contribution in [1.82, 2.24) is 10.2 Å². The fourth-order valence-electron chi connectivity index (χ4n) is 0.671. The van der Waals surface area contributed by atoms with Gasteiger partial charge in [0.25, 0.3) is 0 Å². The summed E-state index contributed by atoms with van der Waals surface area (Å²) in [5, 5.41) is 3.10. The van der Waals surface area contributed by atoms with Gasteiger partial charge in [-0.2, -0.15) is 0 Å². The van der Waals surface area contributed by atoms with E-state index in [-0.39, 0.29) is 0 Å². The Balaban J connectivity index is 3.07. The van der Waals surface area contributed by atoms with E-state index in [0.717, 1.165) is 19.8 Å². The van der Waals surface area contributed by atoms with Crippen LogP contribution in [-0.4, -0.2) is 31.7 Å². The quantitative estimate of drug-likeness (QED) is 0.538. The fraction of sp³-hybridized carbons (Fsp3) is 1.00. The predicted molar refractivity (Wildman–Crippen MR) is 36.8 cm³/mol. The van der Waals surface area contributed by atoms with Gasteiger partial charge in [0.1, 0.15) is 0 Å². The molecule has 0 aromatic rings. The molecule has 0 rings (SSSR count). The zero-order valence-electron chi connectivity index (χ0n) is 6.07. The molecule has 8 heavy (non-hydrogen) atoms. The summed E-state index contributed by atoms with van der Waals surface area (Å²) < 4.78 is 0. The minimum absolute atomic E-state index is 1.01. The average molecular weight is 116 g/mol. The molecule has 0 aliphatic heterocycles. The van der Waals surface area contributed by atoms with Crippen LogP contribution in [0.25, 0.3) is 0 Å². The first-order chi connectivity index (χ1) is 3.85. The first-order valence-electron chi connectivity index (χ1n) is 3.22. The predicted octanol–water partition coefficient (Wildman–Crippen LogP) is 0.505. The smallest absolute Gasteiger partial charge is 0.0477 e. The lowest BCUT2D eigenvalue weighted by Gasteiger charge is -2.16. The number of nitrogens with zero attached hydrogens (tertiary/aromatic N) is 1. The van der Waals surface area contributed by atoms with Gasteiger partial charge in [0.2, 0.25) is 0 Å². The van der Waals surface area contributed by atoms with Gasteiger partial charge in [-0.05, 0) is 20.1 Å². The van der Waals surface area contributed by atoms with Crippen LogP contribution in [0.3, 0.4) is 0 Å². The van der Waals surface area contributed by atoms with Crippen LogP contribution in [0.4, 0.5) is 0 Å². The average Bonchev–Trinajstić information content (AvgIpc) is 1.83. The molecular formula is C6H16N2. The largest absolute Gasteiger partial charge is 0.307 e. The highest BCUT2D eigenvalue weighted by Gasteiger charge is 1.92. The monoisotopic (exact) mass is 116 g/mol. The van der Waals surface area contributed by atoms with Crippen LogP contribution in [0.5, 0.6) is 0 Å². The number of hydrogen-bond donors (Lipinski definition) is 1. The van der Waals surface area contributed by atoms with Gasteiger partial charge in [-0.3, -0.25) is 4.90 Å². The SMILES string of the molecule is CCN(CC)CNC. The maximum absolute atomic E-state index is 3.10. The first-order valence-corrected chi connectivity index (χ1v) is 3.22. The summed E-state index contributed by atoms with van der Waals surface area (Å²) >= 11 is 0. The fourth-order valence-corrected chi connectivity index (χ4v) is 0.671. The number of rotatable bonds is 4. The molecule has 2 nitrogen and oxygen atoms in total. The van der Waals surface area contributed by atoms with Crippen molar-refractivity contribution in [2.45, 2.75) is 13.8 Å². The molecule has 1 N–H and O–H groups in total. The standard InChI is InChI=1S/C6H16N2/c1-4-8(5-2)6-7-3/h7H,4-6H2,1-3H3. The van der Waals surface area contributed by atoms with Crippen LogP contribution in [0, 0.1) is 0 Å². The Morgan fingerprint density at radius 1 is 1.25 bits per heavy atom. The zero-order chi connectivity index (χ0) is 6.41. The summed E-state index contributed by atoms with van der Waals surface area (Å²) in [7, 11) is 1.97. The minimum atomic E-state index is 1.01. The highest BCUT2D eigenvalue weighted by molar-refractivity contribution is 4.45. The van der Waals surface area contributed by atoms with Crippen LogP contribution < -0.4 is 5.32 Å². The molecule has 0 spiro atoms. The number of nitrogens with one attached hydrogen (secondary N) is 1. The molecule has 0 heterocycles. The third-order valence-corrected chi connectivity index (χ3v) is 1.28. The van der Waals surface area contributed by atoms with Gasteiger partial charge < -0.3 is 5.32 Å². The van der Waals surface area contributed by atoms with Crippen molar-refractivity contribution < 1.29 is 0 Å². The van der Waals surface area contributed by atoms with Crippen molar-refractivity contribution in [3.8, 4) is 0 Å². The van der Waals surface area contributed by atoms with Gasteiger partial charge >= 0.3 is 0 Å². The van der Waals surface area contributed by atoms with E-state index < -0.39 is 0 Å². The third kappa shape index (κ3) is 2.99. The molecule has 0 aromatic carbocycles. The molecule has 0 unspecified atom stereocenters. The van der Waals surface area contributed by atoms with Crippen LogP contribution in [-0.2, 0) is 0 Å². The molecule has 0 radical (unpaired) electrons. The van der Waals surface area contributed by atoms with Crippen molar-refractivity contribution in [1.29, 1.82) is 0 Å². The molecule has 0 aliphatic rings. The Bertz CT molecular complexity index is 41.8. The molecule has 0 bridgehead atoms. The van der Waals surface area contributed by atoms with Crippen molar-refractivity contribution in [2.75, 3.05) is 26.8 Å². The summed E-state index contributed by atoms with van der Waals surface area (Å²) in [5.74, 6) is 0. The maximum atomic E-state index is 3.10. The lowest BCUT2D eigenvalue weighted by Crippen LogP contribution is -2.31. The normalized spacial score (nSPS) is 10.5. The van der Waals surface area contributed by atoms with E-state index in [0.29, 0.717) is 0 Å². The lowest BCUT2D eigenvalue weighted by molar-refractivity contribution is 0.288. The van der Waals surface area contributed by atoms with E-state index in [2.05, 4.69) is 24.1 Å². The highest BCUT2D eigenvalue weighted by Crippen LogP contribution is 1.80. The molecule has 2 heteroatoms. The molecule has 0 saturated carbocycles. The van der Waals surface area contributed by atoms with E-state index in [9.17, 15) is 0 Å². The van der Waals surface area contributed by atoms with E-state index in [1.807, 2.05) is 7.05 Å². The number of hydrogen-bond acceptors (Lipinski definition) is 2. The second kappa shape index (κ2) is 5.06. The Kier molecular flexibility index (Phi) is 5.01. The van der Waals surface area contributed by atoms with Crippen LogP contribution in [0.15, 0.2) is 0 Å². The van der Waals surface area contributed by atoms with Crippen molar-refractivity contribution in [2.24, 2.45) is 0 Å². The Labute approximate surface area is 51.9 Å². The van der Waals surface area contributed by atoms with Crippen LogP contribution in [0.2, 0.25) is 0 Å². The van der Waals surface area contributed by atoms with Crippen molar-refractivity contribution in [3.05, 3.63) is 0 Å². The maximum Gasteiger partial charge on any atom is 0.0477 e. The summed E-state index contributed by atoms with van der Waals surface area (Å²) in [4.78, 5) is 2.32. The van der Waals surface area contributed by atoms with Crippen molar-refractivity contribution in [3.63, 3.8) is 0 Å². The van der Waals surface area contributed by atoms with Gasteiger partial charge in [0, 0.05) is 6.67 Å². The second-order valence-corrected chi connectivity index (χ2v) is 1.81. The van der Waals surface area contributed by atoms with Crippen LogP contribution in [0.1, 0.15) is 13.8 Å². The third-order valence-electron chi connectivity index (χ3n) is 1.28. The second-order valence-electron chi connectivity index (χ2n) is 1.81. The van der Waals surface area contributed by atoms with Gasteiger partial charge in [-0.15, -0.1) is 0 Å². The zero-order valence-corrected chi connectivity index (χ0v) is 6.07. The summed E-state index contributed by atoms with van der Waals surface area (Å²) in [6, 6.07) is 0. The van der Waals surface area contributed by atoms with Crippen molar-refractivity contribution >= 4 is 0 Å². The summed E-state index contributed by atoms with van der Waals surface area (Å²) in [6.45, 7) is 7.61. The minimum Gasteiger partial charge on any atom is -0.307 e. The molecule has 0 amide bonds. The molecule has 0 aromatic heterocycles. The van der Waals surface area contributed by atoms with E-state index in [4.69, 9.17) is 0 Å². The molecule has 0 saturated heterocycles. The Morgan fingerprint density at radius 2 is 1.75 bits per heavy atom. The van der Waals surface area contributed by atoms with E-state index >= 15 is 0 Å². The van der Waals surface area contributed by atoms with E-state index in [1.165, 1.54) is 0 Å². The Morgan fingerprint density at radius 3 is 1.88 bits per heavy atom. The van der Waals surface area contributed by atoms with E-state index in [1.54, 1.807) is 0 Å². The molecule has 50 valence electrons. The molecular weight excluding hydrogens is 100 g/mol. The van der Waals surface area contributed by atoms with Gasteiger partial charge in [0.05, 0.1) is 0 Å². The van der Waals surface area contributed by atoms with Gasteiger partial charge in [-0.25, -0.2) is 0 Å². The molecule has 0 aliphatic carbocycles. The summed E-state index contributed by atoms with van der Waals surface area (Å²) in [5.41, 5.74) is 0. The van der Waals surface area contributed by atoms with Crippen LogP contribution >= 0.6 is 0 Å². The van der Waals surface area contributed by atoms with Gasteiger partial charge in [0.15, 0.2) is 0 Å². The molecule has 0 atom stereocenters. The molecule has 0 fully saturated rings. The summed E-state index contributed by atoms with van der Waals surface area (Å²) in [6.07, 6.45) is 0. The van der Waals surface area contributed by atoms with Gasteiger partial charge in [-0.1, -0.05) is 13.8 Å². The Hall–Kier alpha value is -0.0800. The topological polar surface area (TPSA) is 15.3 Å².